The van der Waals surface area contributed by atoms with Gasteiger partial charge in [-0.15, -0.1) is 0 Å². The second kappa shape index (κ2) is 6.12. The minimum atomic E-state index is -4.11. The van der Waals surface area contributed by atoms with E-state index in [1.807, 2.05) is 22.6 Å². The number of rotatable bonds is 4. The zero-order valence-corrected chi connectivity index (χ0v) is 13.0. The molecule has 0 unspecified atom stereocenters. The van der Waals surface area contributed by atoms with Crippen LogP contribution >= 0.6 is 38.5 Å². The predicted octanol–water partition coefficient (Wildman–Crippen LogP) is 2.10. The van der Waals surface area contributed by atoms with Gasteiger partial charge in [0.25, 0.3) is 10.1 Å². The Morgan fingerprint density at radius 2 is 2.12 bits per heavy atom. The maximum atomic E-state index is 11.6. The molecule has 0 saturated heterocycles. The van der Waals surface area contributed by atoms with Crippen molar-refractivity contribution in [1.82, 2.24) is 0 Å². The molecule has 0 atom stereocenters. The van der Waals surface area contributed by atoms with E-state index < -0.39 is 21.8 Å². The molecule has 94 valence electrons. The summed E-state index contributed by atoms with van der Waals surface area (Å²) in [6.45, 7) is -0.379. The van der Waals surface area contributed by atoms with Crippen LogP contribution < -0.4 is 0 Å². The number of carbonyl (C=O) groups is 1. The number of ether oxygens (including phenoxy) is 1. The summed E-state index contributed by atoms with van der Waals surface area (Å²) in [6.07, 6.45) is 0. The van der Waals surface area contributed by atoms with Crippen LogP contribution in [0.5, 0.6) is 0 Å². The number of carbonyl (C=O) groups excluding carboxylic acids is 1. The highest BCUT2D eigenvalue weighted by Gasteiger charge is 2.13. The molecule has 0 aliphatic carbocycles. The largest absolute Gasteiger partial charge is 0.461 e. The highest BCUT2D eigenvalue weighted by Crippen LogP contribution is 2.20. The van der Waals surface area contributed by atoms with Crippen molar-refractivity contribution in [2.24, 2.45) is 0 Å². The summed E-state index contributed by atoms with van der Waals surface area (Å²) in [5, 5.41) is 0. The van der Waals surface area contributed by atoms with Crippen LogP contribution in [-0.2, 0) is 14.9 Å². The quantitative estimate of drug-likeness (QED) is 0.446. The van der Waals surface area contributed by atoms with E-state index in [2.05, 4.69) is 15.9 Å². The Balaban J connectivity index is 2.67. The topological polar surface area (TPSA) is 80.7 Å². The fraction of sp³-hybridized carbons (Fsp3) is 0.222. The fourth-order valence-electron chi connectivity index (χ4n) is 0.971. The van der Waals surface area contributed by atoms with Crippen LogP contribution in [0.1, 0.15) is 10.4 Å². The van der Waals surface area contributed by atoms with Crippen molar-refractivity contribution in [3.63, 3.8) is 0 Å². The lowest BCUT2D eigenvalue weighted by molar-refractivity contribution is 0.0527. The zero-order valence-electron chi connectivity index (χ0n) is 8.39. The summed E-state index contributed by atoms with van der Waals surface area (Å²) in [6, 6.07) is 5.11. The standard InChI is InChI=1S/C9H8BrIO5S/c10-8-2-1-6(11)5-7(8)9(12)16-3-4-17(13,14)15/h1-2,5H,3-4H2,(H,13,14,15). The number of benzene rings is 1. The van der Waals surface area contributed by atoms with Crippen molar-refractivity contribution in [2.75, 3.05) is 12.4 Å². The molecule has 0 fully saturated rings. The van der Waals surface area contributed by atoms with Gasteiger partial charge in [0.15, 0.2) is 0 Å². The van der Waals surface area contributed by atoms with E-state index in [1.54, 1.807) is 18.2 Å². The summed E-state index contributed by atoms with van der Waals surface area (Å²) >= 11 is 5.23. The summed E-state index contributed by atoms with van der Waals surface area (Å²) in [7, 11) is -4.11. The van der Waals surface area contributed by atoms with Crippen molar-refractivity contribution in [2.45, 2.75) is 0 Å². The molecule has 1 aromatic carbocycles. The van der Waals surface area contributed by atoms with Gasteiger partial charge in [-0.2, -0.15) is 8.42 Å². The van der Waals surface area contributed by atoms with Gasteiger partial charge < -0.3 is 4.74 Å². The van der Waals surface area contributed by atoms with Gasteiger partial charge in [-0.1, -0.05) is 0 Å². The van der Waals surface area contributed by atoms with Gasteiger partial charge >= 0.3 is 5.97 Å². The molecule has 0 aliphatic rings. The third-order valence-corrected chi connectivity index (χ3v) is 3.77. The van der Waals surface area contributed by atoms with Gasteiger partial charge in [-0.3, -0.25) is 4.55 Å². The van der Waals surface area contributed by atoms with Gasteiger partial charge in [0.2, 0.25) is 0 Å². The Bertz CT molecular complexity index is 528. The van der Waals surface area contributed by atoms with Crippen LogP contribution in [-0.4, -0.2) is 31.3 Å². The molecule has 1 rings (SSSR count). The van der Waals surface area contributed by atoms with E-state index in [0.717, 1.165) is 3.57 Å². The van der Waals surface area contributed by atoms with E-state index in [0.29, 0.717) is 10.0 Å². The van der Waals surface area contributed by atoms with Crippen molar-refractivity contribution in [1.29, 1.82) is 0 Å². The third-order valence-electron chi connectivity index (χ3n) is 1.72. The van der Waals surface area contributed by atoms with Crippen molar-refractivity contribution < 1.29 is 22.5 Å². The first-order valence-corrected chi connectivity index (χ1v) is 7.85. The molecule has 0 spiro atoms. The van der Waals surface area contributed by atoms with Gasteiger partial charge in [0, 0.05) is 8.04 Å². The summed E-state index contributed by atoms with van der Waals surface area (Å²) < 4.78 is 35.5. The zero-order chi connectivity index (χ0) is 13.1. The van der Waals surface area contributed by atoms with Crippen LogP contribution in [0.2, 0.25) is 0 Å². The Morgan fingerprint density at radius 3 is 2.71 bits per heavy atom. The first-order chi connectivity index (χ1) is 7.79. The smallest absolute Gasteiger partial charge is 0.339 e. The molecule has 0 bridgehead atoms. The maximum absolute atomic E-state index is 11.6. The van der Waals surface area contributed by atoms with Crippen LogP contribution in [0, 0.1) is 3.57 Å². The van der Waals surface area contributed by atoms with Gasteiger partial charge in [-0.05, 0) is 56.7 Å². The monoisotopic (exact) mass is 434 g/mol. The minimum Gasteiger partial charge on any atom is -0.461 e. The molecule has 0 saturated carbocycles. The molecule has 1 aromatic rings. The molecule has 0 amide bonds. The lowest BCUT2D eigenvalue weighted by Gasteiger charge is -2.05. The fourth-order valence-corrected chi connectivity index (χ4v) is 2.16. The Kier molecular flexibility index (Phi) is 5.35. The lowest BCUT2D eigenvalue weighted by atomic mass is 10.2. The maximum Gasteiger partial charge on any atom is 0.339 e. The van der Waals surface area contributed by atoms with E-state index >= 15 is 0 Å². The average molecular weight is 435 g/mol. The predicted molar refractivity (Wildman–Crippen MR) is 73.6 cm³/mol. The average Bonchev–Trinajstić information content (AvgIpc) is 2.19. The summed E-state index contributed by atoms with van der Waals surface area (Å²) in [4.78, 5) is 11.6. The second-order valence-corrected chi connectivity index (χ2v) is 6.72. The number of esters is 1. The Labute approximate surface area is 121 Å². The summed E-state index contributed by atoms with van der Waals surface area (Å²) in [5.74, 6) is -1.25. The molecule has 17 heavy (non-hydrogen) atoms. The molecular formula is C9H8BrIO5S. The number of hydrogen-bond acceptors (Lipinski definition) is 4. The van der Waals surface area contributed by atoms with Crippen LogP contribution in [0.15, 0.2) is 22.7 Å². The molecule has 5 nitrogen and oxygen atoms in total. The molecule has 0 aliphatic heterocycles. The SMILES string of the molecule is O=C(OCCS(=O)(=O)O)c1cc(I)ccc1Br. The molecular weight excluding hydrogens is 427 g/mol. The van der Waals surface area contributed by atoms with Gasteiger partial charge in [0.1, 0.15) is 12.4 Å². The Hall–Kier alpha value is -0.190. The highest BCUT2D eigenvalue weighted by atomic mass is 127. The third kappa shape index (κ3) is 5.32. The van der Waals surface area contributed by atoms with Crippen molar-refractivity contribution in [3.05, 3.63) is 31.8 Å². The second-order valence-electron chi connectivity index (χ2n) is 3.05. The van der Waals surface area contributed by atoms with Crippen LogP contribution in [0.3, 0.4) is 0 Å². The summed E-state index contributed by atoms with van der Waals surface area (Å²) in [5.41, 5.74) is 0.312. The first-order valence-electron chi connectivity index (χ1n) is 4.37. The number of hydrogen-bond donors (Lipinski definition) is 1. The van der Waals surface area contributed by atoms with Crippen LogP contribution in [0.4, 0.5) is 0 Å². The lowest BCUT2D eigenvalue weighted by Crippen LogP contribution is -2.15. The first kappa shape index (κ1) is 14.9. The van der Waals surface area contributed by atoms with Crippen molar-refractivity contribution >= 4 is 54.6 Å². The van der Waals surface area contributed by atoms with Gasteiger partial charge in [0.05, 0.1) is 5.56 Å². The van der Waals surface area contributed by atoms with Crippen LogP contribution in [0.25, 0.3) is 0 Å². The van der Waals surface area contributed by atoms with E-state index in [9.17, 15) is 13.2 Å². The molecule has 8 heteroatoms. The number of halogens is 2. The molecule has 0 aromatic heterocycles. The Morgan fingerprint density at radius 1 is 1.47 bits per heavy atom. The minimum absolute atomic E-state index is 0.312. The normalized spacial score (nSPS) is 11.2. The van der Waals surface area contributed by atoms with Gasteiger partial charge in [-0.25, -0.2) is 4.79 Å². The highest BCUT2D eigenvalue weighted by molar-refractivity contribution is 14.1. The molecule has 0 heterocycles. The van der Waals surface area contributed by atoms with E-state index in [-0.39, 0.29) is 6.61 Å². The van der Waals surface area contributed by atoms with E-state index in [4.69, 9.17) is 9.29 Å². The van der Waals surface area contributed by atoms with Crippen molar-refractivity contribution in [3.8, 4) is 0 Å². The molecule has 0 radical (unpaired) electrons. The molecule has 1 N–H and O–H groups in total. The van der Waals surface area contributed by atoms with E-state index in [1.165, 1.54) is 0 Å².